The third-order valence-corrected chi connectivity index (χ3v) is 4.68. The van der Waals surface area contributed by atoms with Gasteiger partial charge in [-0.25, -0.2) is 0 Å². The van der Waals surface area contributed by atoms with Crippen LogP contribution in [0.25, 0.3) is 10.6 Å². The van der Waals surface area contributed by atoms with E-state index < -0.39 is 0 Å². The Balaban J connectivity index is 1.55. The maximum Gasteiger partial charge on any atom is 0.0794 e. The largest absolute Gasteiger partial charge is 0.371 e. The molecule has 5 heteroatoms. The third kappa shape index (κ3) is 5.26. The SMILES string of the molecule is CC(C)(C)OCc1cccc(CNCc2cn[nH]c2-c2cccs2)c1. The van der Waals surface area contributed by atoms with Crippen molar-refractivity contribution < 1.29 is 4.74 Å². The molecule has 0 aliphatic rings. The molecule has 3 rings (SSSR count). The van der Waals surface area contributed by atoms with E-state index >= 15 is 0 Å². The molecule has 0 bridgehead atoms. The fourth-order valence-corrected chi connectivity index (χ4v) is 3.31. The third-order valence-electron chi connectivity index (χ3n) is 3.79. The van der Waals surface area contributed by atoms with E-state index in [1.165, 1.54) is 21.6 Å². The van der Waals surface area contributed by atoms with Crippen molar-refractivity contribution in [2.45, 2.75) is 46.1 Å². The van der Waals surface area contributed by atoms with Gasteiger partial charge in [0.1, 0.15) is 0 Å². The molecule has 0 spiro atoms. The van der Waals surface area contributed by atoms with Gasteiger partial charge in [0.25, 0.3) is 0 Å². The number of hydrogen-bond acceptors (Lipinski definition) is 4. The summed E-state index contributed by atoms with van der Waals surface area (Å²) in [6, 6.07) is 12.7. The fraction of sp³-hybridized carbons (Fsp3) is 0.350. The highest BCUT2D eigenvalue weighted by Crippen LogP contribution is 2.25. The van der Waals surface area contributed by atoms with Gasteiger partial charge >= 0.3 is 0 Å². The molecule has 0 saturated heterocycles. The lowest BCUT2D eigenvalue weighted by molar-refractivity contribution is -0.0149. The number of hydrogen-bond donors (Lipinski definition) is 2. The van der Waals surface area contributed by atoms with Gasteiger partial charge < -0.3 is 10.1 Å². The minimum absolute atomic E-state index is 0.117. The number of aromatic nitrogens is 2. The van der Waals surface area contributed by atoms with Crippen molar-refractivity contribution in [2.75, 3.05) is 0 Å². The molecule has 4 nitrogen and oxygen atoms in total. The second kappa shape index (κ2) is 7.95. The van der Waals surface area contributed by atoms with Gasteiger partial charge in [0, 0.05) is 18.7 Å². The first-order chi connectivity index (χ1) is 12.0. The first kappa shape index (κ1) is 17.9. The molecule has 1 aromatic carbocycles. The van der Waals surface area contributed by atoms with Crippen molar-refractivity contribution >= 4 is 11.3 Å². The van der Waals surface area contributed by atoms with Gasteiger partial charge in [0.05, 0.1) is 29.0 Å². The highest BCUT2D eigenvalue weighted by molar-refractivity contribution is 7.13. The summed E-state index contributed by atoms with van der Waals surface area (Å²) in [5.74, 6) is 0. The standard InChI is InChI=1S/C20H25N3OS/c1-20(2,3)24-14-16-7-4-6-15(10-16)11-21-12-17-13-22-23-19(17)18-8-5-9-25-18/h4-10,13,21H,11-12,14H2,1-3H3,(H,22,23). The Labute approximate surface area is 153 Å². The molecule has 132 valence electrons. The van der Waals surface area contributed by atoms with Gasteiger partial charge in [-0.15, -0.1) is 11.3 Å². The van der Waals surface area contributed by atoms with Gasteiger partial charge in [-0.1, -0.05) is 30.3 Å². The average Bonchev–Trinajstić information content (AvgIpc) is 3.23. The van der Waals surface area contributed by atoms with Gasteiger partial charge in [-0.3, -0.25) is 5.10 Å². The Bertz CT molecular complexity index is 787. The van der Waals surface area contributed by atoms with Crippen molar-refractivity contribution in [3.63, 3.8) is 0 Å². The average molecular weight is 356 g/mol. The minimum atomic E-state index is -0.117. The number of benzene rings is 1. The summed E-state index contributed by atoms with van der Waals surface area (Å²) >= 11 is 1.72. The van der Waals surface area contributed by atoms with Crippen molar-refractivity contribution in [1.29, 1.82) is 0 Å². The number of H-pyrrole nitrogens is 1. The van der Waals surface area contributed by atoms with Gasteiger partial charge in [0.15, 0.2) is 0 Å². The summed E-state index contributed by atoms with van der Waals surface area (Å²) in [7, 11) is 0. The summed E-state index contributed by atoms with van der Waals surface area (Å²) in [5, 5.41) is 12.9. The van der Waals surface area contributed by atoms with Crippen LogP contribution in [0.3, 0.4) is 0 Å². The predicted octanol–water partition coefficient (Wildman–Crippen LogP) is 4.74. The topological polar surface area (TPSA) is 49.9 Å². The molecule has 0 aliphatic heterocycles. The van der Waals surface area contributed by atoms with Crippen LogP contribution in [0.4, 0.5) is 0 Å². The number of nitrogens with one attached hydrogen (secondary N) is 2. The molecule has 2 aromatic heterocycles. The number of ether oxygens (including phenoxy) is 1. The smallest absolute Gasteiger partial charge is 0.0794 e. The van der Waals surface area contributed by atoms with Crippen LogP contribution < -0.4 is 5.32 Å². The Morgan fingerprint density at radius 2 is 1.96 bits per heavy atom. The summed E-state index contributed by atoms with van der Waals surface area (Å²) in [5.41, 5.74) is 4.64. The first-order valence-electron chi connectivity index (χ1n) is 8.50. The quantitative estimate of drug-likeness (QED) is 0.643. The molecule has 3 aromatic rings. The van der Waals surface area contributed by atoms with Gasteiger partial charge in [-0.2, -0.15) is 5.10 Å². The van der Waals surface area contributed by atoms with E-state index in [1.54, 1.807) is 11.3 Å². The zero-order chi connectivity index (χ0) is 17.7. The van der Waals surface area contributed by atoms with E-state index in [4.69, 9.17) is 4.74 Å². The van der Waals surface area contributed by atoms with Crippen molar-refractivity contribution in [1.82, 2.24) is 15.5 Å². The van der Waals surface area contributed by atoms with Crippen LogP contribution in [0.5, 0.6) is 0 Å². The molecule has 25 heavy (non-hydrogen) atoms. The van der Waals surface area contributed by atoms with Crippen LogP contribution in [0.2, 0.25) is 0 Å². The summed E-state index contributed by atoms with van der Waals surface area (Å²) in [6.07, 6.45) is 1.90. The monoisotopic (exact) mass is 355 g/mol. The molecule has 2 N–H and O–H groups in total. The number of rotatable bonds is 7. The van der Waals surface area contributed by atoms with Crippen LogP contribution in [0, 0.1) is 0 Å². The maximum absolute atomic E-state index is 5.86. The maximum atomic E-state index is 5.86. The predicted molar refractivity (Wildman–Crippen MR) is 103 cm³/mol. The molecule has 2 heterocycles. The van der Waals surface area contributed by atoms with Crippen LogP contribution in [0.1, 0.15) is 37.5 Å². The summed E-state index contributed by atoms with van der Waals surface area (Å²) in [4.78, 5) is 1.22. The highest BCUT2D eigenvalue weighted by atomic mass is 32.1. The van der Waals surface area contributed by atoms with Gasteiger partial charge in [0.2, 0.25) is 0 Å². The Kier molecular flexibility index (Phi) is 5.68. The highest BCUT2D eigenvalue weighted by Gasteiger charge is 2.10. The summed E-state index contributed by atoms with van der Waals surface area (Å²) in [6.45, 7) is 8.48. The molecule has 0 amide bonds. The molecule has 0 aliphatic carbocycles. The van der Waals surface area contributed by atoms with E-state index in [-0.39, 0.29) is 5.60 Å². The van der Waals surface area contributed by atoms with E-state index in [0.717, 1.165) is 18.8 Å². The number of aromatic amines is 1. The van der Waals surface area contributed by atoms with Crippen LogP contribution in [0.15, 0.2) is 48.0 Å². The lowest BCUT2D eigenvalue weighted by atomic mass is 10.1. The van der Waals surface area contributed by atoms with Crippen molar-refractivity contribution in [2.24, 2.45) is 0 Å². The van der Waals surface area contributed by atoms with Gasteiger partial charge in [-0.05, 0) is 43.3 Å². The number of nitrogens with zero attached hydrogens (tertiary/aromatic N) is 1. The van der Waals surface area contributed by atoms with Crippen LogP contribution in [-0.4, -0.2) is 15.8 Å². The Morgan fingerprint density at radius 3 is 2.72 bits per heavy atom. The Morgan fingerprint density at radius 1 is 1.12 bits per heavy atom. The number of thiophene rings is 1. The van der Waals surface area contributed by atoms with E-state index in [1.807, 2.05) is 6.20 Å². The zero-order valence-corrected chi connectivity index (χ0v) is 15.8. The molecular formula is C20H25N3OS. The molecule has 0 fully saturated rings. The first-order valence-corrected chi connectivity index (χ1v) is 9.38. The minimum Gasteiger partial charge on any atom is -0.371 e. The normalized spacial score (nSPS) is 11.8. The second-order valence-corrected chi connectivity index (χ2v) is 8.02. The molecule has 0 saturated carbocycles. The molecule has 0 radical (unpaired) electrons. The second-order valence-electron chi connectivity index (χ2n) is 7.07. The molecular weight excluding hydrogens is 330 g/mol. The van der Waals surface area contributed by atoms with Crippen molar-refractivity contribution in [3.8, 4) is 10.6 Å². The lowest BCUT2D eigenvalue weighted by Gasteiger charge is -2.19. The van der Waals surface area contributed by atoms with Crippen LogP contribution >= 0.6 is 11.3 Å². The van der Waals surface area contributed by atoms with E-state index in [2.05, 4.69) is 78.1 Å². The van der Waals surface area contributed by atoms with Crippen molar-refractivity contribution in [3.05, 3.63) is 64.7 Å². The lowest BCUT2D eigenvalue weighted by Crippen LogP contribution is -2.18. The zero-order valence-electron chi connectivity index (χ0n) is 15.0. The Hall–Kier alpha value is -1.95. The molecule has 0 unspecified atom stereocenters. The molecule has 0 atom stereocenters. The fourth-order valence-electron chi connectivity index (χ4n) is 2.55. The van der Waals surface area contributed by atoms with E-state index in [0.29, 0.717) is 6.61 Å². The van der Waals surface area contributed by atoms with E-state index in [9.17, 15) is 0 Å². The van der Waals surface area contributed by atoms with Crippen LogP contribution in [-0.2, 0) is 24.4 Å². The summed E-state index contributed by atoms with van der Waals surface area (Å²) < 4.78 is 5.86.